The Hall–Kier alpha value is -3.33. The van der Waals surface area contributed by atoms with Crippen molar-refractivity contribution in [2.75, 3.05) is 23.3 Å². The minimum absolute atomic E-state index is 0.0765. The smallest absolute Gasteiger partial charge is 0.266 e. The minimum atomic E-state index is -0.595. The van der Waals surface area contributed by atoms with Crippen LogP contribution in [-0.2, 0) is 4.79 Å². The van der Waals surface area contributed by atoms with E-state index >= 15 is 0 Å². The van der Waals surface area contributed by atoms with E-state index in [9.17, 15) is 19.6 Å². The molecule has 26 heavy (non-hydrogen) atoms. The third kappa shape index (κ3) is 4.01. The Bertz CT molecular complexity index is 879. The fourth-order valence-electron chi connectivity index (χ4n) is 2.89. The molecule has 1 amide bonds. The van der Waals surface area contributed by atoms with Gasteiger partial charge in [0, 0.05) is 18.8 Å². The van der Waals surface area contributed by atoms with Gasteiger partial charge in [-0.25, -0.2) is 4.39 Å². The van der Waals surface area contributed by atoms with Crippen molar-refractivity contribution < 1.29 is 14.3 Å². The maximum atomic E-state index is 14.4. The van der Waals surface area contributed by atoms with Crippen molar-refractivity contribution in [3.05, 3.63) is 59.4 Å². The van der Waals surface area contributed by atoms with Crippen molar-refractivity contribution in [1.29, 1.82) is 5.26 Å². The molecule has 0 radical (unpaired) electrons. The number of rotatable bonds is 4. The second-order valence-corrected chi connectivity index (χ2v) is 6.08. The second-order valence-electron chi connectivity index (χ2n) is 6.08. The molecular formula is C20H18FN3O2. The van der Waals surface area contributed by atoms with E-state index in [1.54, 1.807) is 12.1 Å². The standard InChI is InChI=1S/C20H18FN3O2/c21-18-12-14(3-8-19(18)24-9-1-2-10-24)11-15(13-22)20(26)23-16-4-6-17(25)7-5-16/h3-8,11-12,25H,1-2,9-10H2,(H,23,26). The number of phenolic OH excluding ortho intramolecular Hbond substituents is 1. The average Bonchev–Trinajstić information content (AvgIpc) is 3.16. The number of nitrogens with one attached hydrogen (secondary N) is 1. The van der Waals surface area contributed by atoms with Crippen LogP contribution >= 0.6 is 0 Å². The third-order valence-electron chi connectivity index (χ3n) is 4.22. The SMILES string of the molecule is N#CC(=Cc1ccc(N2CCCC2)c(F)c1)C(=O)Nc1ccc(O)cc1. The Morgan fingerprint density at radius 1 is 1.19 bits per heavy atom. The van der Waals surface area contributed by atoms with Crippen LogP contribution in [0, 0.1) is 17.1 Å². The number of hydrogen-bond donors (Lipinski definition) is 2. The van der Waals surface area contributed by atoms with Crippen molar-refractivity contribution in [2.24, 2.45) is 0 Å². The number of phenols is 1. The van der Waals surface area contributed by atoms with Gasteiger partial charge < -0.3 is 15.3 Å². The van der Waals surface area contributed by atoms with Crippen LogP contribution in [0.2, 0.25) is 0 Å². The van der Waals surface area contributed by atoms with E-state index in [0.29, 0.717) is 16.9 Å². The predicted octanol–water partition coefficient (Wildman–Crippen LogP) is 3.68. The zero-order chi connectivity index (χ0) is 18.5. The lowest BCUT2D eigenvalue weighted by atomic mass is 10.1. The van der Waals surface area contributed by atoms with E-state index in [0.717, 1.165) is 25.9 Å². The summed E-state index contributed by atoms with van der Waals surface area (Å²) in [5.41, 5.74) is 1.31. The molecule has 0 bridgehead atoms. The maximum absolute atomic E-state index is 14.4. The van der Waals surface area contributed by atoms with Crippen LogP contribution in [0.5, 0.6) is 5.75 Å². The van der Waals surface area contributed by atoms with Gasteiger partial charge >= 0.3 is 0 Å². The summed E-state index contributed by atoms with van der Waals surface area (Å²) in [6.45, 7) is 1.68. The molecule has 0 aromatic heterocycles. The first-order chi connectivity index (χ1) is 12.6. The second kappa shape index (κ2) is 7.70. The molecule has 5 nitrogen and oxygen atoms in total. The van der Waals surface area contributed by atoms with Gasteiger partial charge in [-0.2, -0.15) is 5.26 Å². The number of halogens is 1. The number of hydrogen-bond acceptors (Lipinski definition) is 4. The quantitative estimate of drug-likeness (QED) is 0.500. The lowest BCUT2D eigenvalue weighted by Crippen LogP contribution is -2.18. The number of carbonyl (C=O) groups excluding carboxylic acids is 1. The summed E-state index contributed by atoms with van der Waals surface area (Å²) in [5, 5.41) is 21.1. The molecule has 6 heteroatoms. The Balaban J connectivity index is 1.77. The van der Waals surface area contributed by atoms with Gasteiger partial charge in [-0.15, -0.1) is 0 Å². The molecule has 1 heterocycles. The monoisotopic (exact) mass is 351 g/mol. The molecule has 3 rings (SSSR count). The van der Waals surface area contributed by atoms with Gasteiger partial charge in [-0.05, 0) is 60.9 Å². The van der Waals surface area contributed by atoms with E-state index in [-0.39, 0.29) is 17.1 Å². The van der Waals surface area contributed by atoms with Crippen molar-refractivity contribution in [3.8, 4) is 11.8 Å². The molecule has 0 saturated carbocycles. The van der Waals surface area contributed by atoms with Gasteiger partial charge in [-0.1, -0.05) is 6.07 Å². The third-order valence-corrected chi connectivity index (χ3v) is 4.22. The summed E-state index contributed by atoms with van der Waals surface area (Å²) in [6, 6.07) is 12.4. The number of nitrogens with zero attached hydrogens (tertiary/aromatic N) is 2. The average molecular weight is 351 g/mol. The van der Waals surface area contributed by atoms with Crippen LogP contribution in [0.25, 0.3) is 6.08 Å². The summed E-state index contributed by atoms with van der Waals surface area (Å²) in [5.74, 6) is -0.883. The molecule has 1 fully saturated rings. The topological polar surface area (TPSA) is 76.4 Å². The number of anilines is 2. The normalized spacial score (nSPS) is 14.2. The zero-order valence-corrected chi connectivity index (χ0v) is 14.1. The molecule has 2 N–H and O–H groups in total. The lowest BCUT2D eigenvalue weighted by molar-refractivity contribution is -0.112. The lowest BCUT2D eigenvalue weighted by Gasteiger charge is -2.18. The number of amides is 1. The minimum Gasteiger partial charge on any atom is -0.508 e. The van der Waals surface area contributed by atoms with Crippen molar-refractivity contribution >= 4 is 23.4 Å². The fourth-order valence-corrected chi connectivity index (χ4v) is 2.89. The van der Waals surface area contributed by atoms with Gasteiger partial charge in [0.1, 0.15) is 23.2 Å². The summed E-state index contributed by atoms with van der Waals surface area (Å²) in [4.78, 5) is 14.2. The Morgan fingerprint density at radius 3 is 2.50 bits per heavy atom. The first-order valence-corrected chi connectivity index (χ1v) is 8.33. The zero-order valence-electron chi connectivity index (χ0n) is 14.1. The highest BCUT2D eigenvalue weighted by molar-refractivity contribution is 6.09. The van der Waals surface area contributed by atoms with Crippen LogP contribution < -0.4 is 10.2 Å². The van der Waals surface area contributed by atoms with Crippen molar-refractivity contribution in [2.45, 2.75) is 12.8 Å². The Labute approximate surface area is 151 Å². The number of aromatic hydroxyl groups is 1. The van der Waals surface area contributed by atoms with Gasteiger partial charge in [0.2, 0.25) is 0 Å². The summed E-state index contributed by atoms with van der Waals surface area (Å²) >= 11 is 0. The van der Waals surface area contributed by atoms with Crippen molar-refractivity contribution in [1.82, 2.24) is 0 Å². The highest BCUT2D eigenvalue weighted by atomic mass is 19.1. The Kier molecular flexibility index (Phi) is 5.18. The fraction of sp³-hybridized carbons (Fsp3) is 0.200. The molecule has 1 aliphatic rings. The van der Waals surface area contributed by atoms with Gasteiger partial charge in [0.15, 0.2) is 0 Å². The molecule has 0 aliphatic carbocycles. The number of nitriles is 1. The highest BCUT2D eigenvalue weighted by Gasteiger charge is 2.16. The summed E-state index contributed by atoms with van der Waals surface area (Å²) in [6.07, 6.45) is 3.46. The Morgan fingerprint density at radius 2 is 1.88 bits per heavy atom. The van der Waals surface area contributed by atoms with Crippen LogP contribution in [0.15, 0.2) is 48.0 Å². The molecule has 132 valence electrons. The van der Waals surface area contributed by atoms with E-state index < -0.39 is 5.91 Å². The molecule has 1 aliphatic heterocycles. The summed E-state index contributed by atoms with van der Waals surface area (Å²) < 4.78 is 14.4. The van der Waals surface area contributed by atoms with Crippen molar-refractivity contribution in [3.63, 3.8) is 0 Å². The molecule has 0 unspecified atom stereocenters. The number of carbonyl (C=O) groups is 1. The molecule has 0 spiro atoms. The molecular weight excluding hydrogens is 333 g/mol. The first kappa shape index (κ1) is 17.5. The van der Waals surface area contributed by atoms with E-state index in [2.05, 4.69) is 5.32 Å². The van der Waals surface area contributed by atoms with Crippen LogP contribution in [0.4, 0.5) is 15.8 Å². The van der Waals surface area contributed by atoms with E-state index in [1.165, 1.54) is 36.4 Å². The highest BCUT2D eigenvalue weighted by Crippen LogP contribution is 2.25. The molecule has 2 aromatic rings. The molecule has 0 atom stereocenters. The summed E-state index contributed by atoms with van der Waals surface area (Å²) in [7, 11) is 0. The van der Waals surface area contributed by atoms with Gasteiger partial charge in [0.25, 0.3) is 5.91 Å². The van der Waals surface area contributed by atoms with Crippen LogP contribution in [0.3, 0.4) is 0 Å². The number of benzene rings is 2. The van der Waals surface area contributed by atoms with E-state index in [1.807, 2.05) is 11.0 Å². The van der Waals surface area contributed by atoms with Crippen LogP contribution in [-0.4, -0.2) is 24.1 Å². The molecule has 1 saturated heterocycles. The van der Waals surface area contributed by atoms with Crippen LogP contribution in [0.1, 0.15) is 18.4 Å². The predicted molar refractivity (Wildman–Crippen MR) is 98.2 cm³/mol. The van der Waals surface area contributed by atoms with E-state index in [4.69, 9.17) is 0 Å². The largest absolute Gasteiger partial charge is 0.508 e. The molecule has 2 aromatic carbocycles. The van der Waals surface area contributed by atoms with Gasteiger partial charge in [-0.3, -0.25) is 4.79 Å². The maximum Gasteiger partial charge on any atom is 0.266 e. The first-order valence-electron chi connectivity index (χ1n) is 8.33. The van der Waals surface area contributed by atoms with Gasteiger partial charge in [0.05, 0.1) is 5.69 Å².